The summed E-state index contributed by atoms with van der Waals surface area (Å²) >= 11 is 0. The summed E-state index contributed by atoms with van der Waals surface area (Å²) in [4.78, 5) is 0. The molecule has 426 valence electrons. The van der Waals surface area contributed by atoms with E-state index in [2.05, 4.69) is 305 Å². The van der Waals surface area contributed by atoms with Gasteiger partial charge < -0.3 is 0 Å². The maximum atomic E-state index is 12.7. The highest BCUT2D eigenvalue weighted by Crippen LogP contribution is 2.24. The lowest BCUT2D eigenvalue weighted by Gasteiger charge is -2.04. The minimum Gasteiger partial charge on any atom is -0.203 e. The second-order valence-electron chi connectivity index (χ2n) is 21.8. The van der Waals surface area contributed by atoms with Crippen LogP contribution in [0.3, 0.4) is 0 Å². The smallest absolute Gasteiger partial charge is 0.165 e. The van der Waals surface area contributed by atoms with Gasteiger partial charge in [0.15, 0.2) is 23.3 Å². The number of rotatable bonds is 0. The van der Waals surface area contributed by atoms with E-state index in [0.29, 0.717) is 0 Å². The Labute approximate surface area is 489 Å². The number of hydrogen-bond donors (Lipinski definition) is 0. The molecule has 11 aromatic carbocycles. The molecule has 0 aliphatic rings. The maximum absolute atomic E-state index is 12.7. The summed E-state index contributed by atoms with van der Waals surface area (Å²) in [5.41, 5.74) is 20.5. The van der Waals surface area contributed by atoms with Crippen molar-refractivity contribution in [3.05, 3.63) is 318 Å². The summed E-state index contributed by atoms with van der Waals surface area (Å²) in [5.74, 6) is -5.31. The van der Waals surface area contributed by atoms with Crippen molar-refractivity contribution in [2.75, 3.05) is 0 Å². The van der Waals surface area contributed by atoms with E-state index in [-0.39, 0.29) is 0 Å². The molecule has 0 saturated carbocycles. The molecule has 11 aromatic rings. The SMILES string of the molecule is Cc1c(F)c(F)c(C)c(F)c1F.Cc1cc(C)c(C)cc1C.Cc1ccc(C)c2ccccc12.Cc1ccc(C)cc1.Cc1ccc2cc(C)ccc2c1.Cc1cccc(C)c1.Cc1cccc2c(C)cccc12.Cc1ccccc1C. The molecular weight excluding hydrogens is 1010 g/mol. The van der Waals surface area contributed by atoms with E-state index in [1.807, 2.05) is 0 Å². The van der Waals surface area contributed by atoms with Crippen molar-refractivity contribution in [2.24, 2.45) is 0 Å². The zero-order valence-electron chi connectivity index (χ0n) is 52.0. The Hall–Kier alpha value is -8.08. The summed E-state index contributed by atoms with van der Waals surface area (Å²) in [6.45, 7) is 36.1. The summed E-state index contributed by atoms with van der Waals surface area (Å²) in [6.07, 6.45) is 0. The summed E-state index contributed by atoms with van der Waals surface area (Å²) in [7, 11) is 0. The molecule has 0 bridgehead atoms. The fourth-order valence-electron chi connectivity index (χ4n) is 8.77. The van der Waals surface area contributed by atoms with Gasteiger partial charge in [-0.15, -0.1) is 0 Å². The van der Waals surface area contributed by atoms with Gasteiger partial charge in [-0.2, -0.15) is 0 Å². The van der Waals surface area contributed by atoms with Gasteiger partial charge in [0.1, 0.15) is 0 Å². The molecule has 0 radical (unpaired) electrons. The monoisotopic (exact) mass is 1100 g/mol. The molecule has 0 aliphatic heterocycles. The minimum atomic E-state index is -1.33. The van der Waals surface area contributed by atoms with Crippen LogP contribution < -0.4 is 0 Å². The van der Waals surface area contributed by atoms with Gasteiger partial charge in [0.2, 0.25) is 0 Å². The maximum Gasteiger partial charge on any atom is 0.165 e. The van der Waals surface area contributed by atoms with Crippen molar-refractivity contribution >= 4 is 32.3 Å². The van der Waals surface area contributed by atoms with Crippen LogP contribution in [0.1, 0.15) is 100 Å². The predicted octanol–water partition coefficient (Wildman–Crippen LogP) is 23.1. The molecule has 0 amide bonds. The van der Waals surface area contributed by atoms with Gasteiger partial charge >= 0.3 is 0 Å². The second-order valence-corrected chi connectivity index (χ2v) is 21.8. The van der Waals surface area contributed by atoms with Crippen LogP contribution in [0.2, 0.25) is 0 Å². The van der Waals surface area contributed by atoms with Crippen LogP contribution in [0.25, 0.3) is 32.3 Å². The van der Waals surface area contributed by atoms with Gasteiger partial charge in [0.25, 0.3) is 0 Å². The third-order valence-corrected chi connectivity index (χ3v) is 14.5. The number of aryl methyl sites for hydroxylation is 16. The quantitative estimate of drug-likeness (QED) is 0.105. The standard InChI is InChI=1S/3C12H12.C10H14.C8H6F4.3C8H10/c1-9-3-5-12-8-10(2)4-6-11(12)7-9;1-9-5-3-8-12-10(2)6-4-7-11(9)12;1-9-7-8-10(2)12-6-4-3-5-11(9)12;1-7-5-9(3)10(4)6-8(7)2;1-3-5(9)7(11)4(2)8(12)6(3)10;1-7-3-5-8(2)6-4-7;1-7-4-3-5-8(2)6-7;1-7-5-3-4-6-8(7)2/h3*3-8H,1-2H3;5-6H,1-4H3;1-2H3;3*3-6H,1-2H3. The van der Waals surface area contributed by atoms with Crippen LogP contribution in [0.4, 0.5) is 17.6 Å². The van der Waals surface area contributed by atoms with Gasteiger partial charge in [-0.3, -0.25) is 0 Å². The largest absolute Gasteiger partial charge is 0.203 e. The molecule has 0 fully saturated rings. The Bertz CT molecular complexity index is 3450. The van der Waals surface area contributed by atoms with E-state index >= 15 is 0 Å². The Kier molecular flexibility index (Phi) is 26.2. The normalized spacial score (nSPS) is 10.1. The Morgan fingerprint density at radius 2 is 0.427 bits per heavy atom. The second kappa shape index (κ2) is 32.4. The first-order valence-electron chi connectivity index (χ1n) is 28.1. The van der Waals surface area contributed by atoms with E-state index in [1.165, 1.54) is 121 Å². The van der Waals surface area contributed by atoms with E-state index in [1.54, 1.807) is 0 Å². The van der Waals surface area contributed by atoms with Crippen molar-refractivity contribution in [1.82, 2.24) is 0 Å². The zero-order valence-corrected chi connectivity index (χ0v) is 52.0. The molecule has 0 N–H and O–H groups in total. The molecule has 82 heavy (non-hydrogen) atoms. The Morgan fingerprint density at radius 1 is 0.183 bits per heavy atom. The van der Waals surface area contributed by atoms with Crippen LogP contribution in [0.5, 0.6) is 0 Å². The zero-order chi connectivity index (χ0) is 60.8. The molecule has 11 rings (SSSR count). The van der Waals surface area contributed by atoms with Gasteiger partial charge in [0.05, 0.1) is 0 Å². The number of fused-ring (bicyclic) bond motifs is 3. The lowest BCUT2D eigenvalue weighted by atomic mass is 10.0. The van der Waals surface area contributed by atoms with Gasteiger partial charge in [-0.1, -0.05) is 228 Å². The van der Waals surface area contributed by atoms with Gasteiger partial charge in [-0.25, -0.2) is 17.6 Å². The summed E-state index contributed by atoms with van der Waals surface area (Å²) in [6, 6.07) is 68.7. The van der Waals surface area contributed by atoms with Crippen molar-refractivity contribution < 1.29 is 17.6 Å². The Balaban J connectivity index is 0.000000203. The highest BCUT2D eigenvalue weighted by molar-refractivity contribution is 5.89. The van der Waals surface area contributed by atoms with Crippen LogP contribution in [-0.4, -0.2) is 0 Å². The fourth-order valence-corrected chi connectivity index (χ4v) is 8.77. The molecular formula is C78H86F4. The number of halogens is 4. The first kappa shape index (κ1) is 66.4. The van der Waals surface area contributed by atoms with Gasteiger partial charge in [-0.05, 0) is 213 Å². The third-order valence-electron chi connectivity index (χ3n) is 14.5. The molecule has 0 atom stereocenters. The molecule has 0 aliphatic carbocycles. The number of benzene rings is 11. The highest BCUT2D eigenvalue weighted by Gasteiger charge is 2.19. The lowest BCUT2D eigenvalue weighted by Crippen LogP contribution is -2.02. The van der Waals surface area contributed by atoms with Gasteiger partial charge in [0, 0.05) is 11.1 Å². The molecule has 0 saturated heterocycles. The molecule has 0 heterocycles. The van der Waals surface area contributed by atoms with Crippen molar-refractivity contribution in [2.45, 2.75) is 125 Å². The summed E-state index contributed by atoms with van der Waals surface area (Å²) in [5, 5.41) is 8.16. The van der Waals surface area contributed by atoms with E-state index in [4.69, 9.17) is 0 Å². The van der Waals surface area contributed by atoms with Crippen LogP contribution in [0.15, 0.2) is 194 Å². The Morgan fingerprint density at radius 3 is 0.720 bits per heavy atom. The van der Waals surface area contributed by atoms with Crippen molar-refractivity contribution in [3.63, 3.8) is 0 Å². The van der Waals surface area contributed by atoms with Crippen LogP contribution in [-0.2, 0) is 0 Å². The molecule has 0 spiro atoms. The lowest BCUT2D eigenvalue weighted by molar-refractivity contribution is 0.436. The van der Waals surface area contributed by atoms with Crippen molar-refractivity contribution in [3.8, 4) is 0 Å². The van der Waals surface area contributed by atoms with Crippen molar-refractivity contribution in [1.29, 1.82) is 0 Å². The molecule has 0 unspecified atom stereocenters. The first-order chi connectivity index (χ1) is 38.8. The highest BCUT2D eigenvalue weighted by atomic mass is 19.2. The predicted molar refractivity (Wildman–Crippen MR) is 349 cm³/mol. The average Bonchev–Trinajstić information content (AvgIpc) is 3.55. The van der Waals surface area contributed by atoms with Crippen LogP contribution >= 0.6 is 0 Å². The third kappa shape index (κ3) is 20.5. The summed E-state index contributed by atoms with van der Waals surface area (Å²) < 4.78 is 50.6. The average molecular weight is 1100 g/mol. The van der Waals surface area contributed by atoms with E-state index < -0.39 is 34.4 Å². The fraction of sp³-hybridized carbons (Fsp3) is 0.231. The molecule has 4 heteroatoms. The topological polar surface area (TPSA) is 0 Å². The first-order valence-corrected chi connectivity index (χ1v) is 28.1. The minimum absolute atomic E-state index is 0.629. The number of hydrogen-bond acceptors (Lipinski definition) is 0. The van der Waals surface area contributed by atoms with E-state index in [9.17, 15) is 17.6 Å². The molecule has 0 aromatic heterocycles. The molecule has 0 nitrogen and oxygen atoms in total. The van der Waals surface area contributed by atoms with E-state index in [0.717, 1.165) is 13.8 Å². The van der Waals surface area contributed by atoms with Crippen LogP contribution in [0, 0.1) is 148 Å².